The number of ether oxygens (including phenoxy) is 2. The van der Waals surface area contributed by atoms with E-state index >= 15 is 0 Å². The molecule has 0 amide bonds. The molecule has 32 heavy (non-hydrogen) atoms. The van der Waals surface area contributed by atoms with E-state index in [1.807, 2.05) is 11.0 Å². The monoisotopic (exact) mass is 472 g/mol. The van der Waals surface area contributed by atoms with Gasteiger partial charge in [-0.05, 0) is 43.2 Å². The molecule has 0 saturated carbocycles. The topological polar surface area (TPSA) is 98.9 Å². The lowest BCUT2D eigenvalue weighted by Crippen LogP contribution is -2.41. The summed E-state index contributed by atoms with van der Waals surface area (Å²) in [5.74, 6) is -1.87. The molecule has 2 aromatic carbocycles. The van der Waals surface area contributed by atoms with Gasteiger partial charge < -0.3 is 14.4 Å². The van der Waals surface area contributed by atoms with Crippen LogP contribution >= 0.6 is 0 Å². The summed E-state index contributed by atoms with van der Waals surface area (Å²) in [6, 6.07) is 12.7. The quantitative estimate of drug-likeness (QED) is 0.509. The van der Waals surface area contributed by atoms with Crippen LogP contribution in [0.5, 0.6) is 5.75 Å². The number of nitrogens with two attached hydrogens (primary N) is 1. The van der Waals surface area contributed by atoms with Gasteiger partial charge >= 0.3 is 12.1 Å². The van der Waals surface area contributed by atoms with Gasteiger partial charge in [0.2, 0.25) is 0 Å². The molecular weight excluding hydrogens is 449 g/mol. The molecule has 2 N–H and O–H groups in total. The Balaban J connectivity index is 1.62. The maximum absolute atomic E-state index is 12.3. The Bertz CT molecular complexity index is 1060. The number of piperidine rings is 1. The Kier molecular flexibility index (Phi) is 6.99. The van der Waals surface area contributed by atoms with Crippen molar-refractivity contribution in [1.29, 1.82) is 0 Å². The van der Waals surface area contributed by atoms with Crippen molar-refractivity contribution >= 4 is 21.5 Å². The second-order valence-electron chi connectivity index (χ2n) is 7.49. The number of benzene rings is 2. The van der Waals surface area contributed by atoms with E-state index < -0.39 is 28.2 Å². The van der Waals surface area contributed by atoms with Crippen LogP contribution in [0.2, 0.25) is 0 Å². The lowest BCUT2D eigenvalue weighted by atomic mass is 10.1. The molecule has 1 heterocycles. The lowest BCUT2D eigenvalue weighted by Gasteiger charge is -2.34. The fourth-order valence-corrected chi connectivity index (χ4v) is 4.02. The predicted octanol–water partition coefficient (Wildman–Crippen LogP) is 3.20. The zero-order valence-corrected chi connectivity index (χ0v) is 18.0. The summed E-state index contributed by atoms with van der Waals surface area (Å²) in [6.07, 6.45) is -4.06. The fraction of sp³-hybridized carbons (Fsp3) is 0.381. The average Bonchev–Trinajstić information content (AvgIpc) is 2.73. The molecule has 11 heteroatoms. The van der Waals surface area contributed by atoms with Crippen molar-refractivity contribution < 1.29 is 35.9 Å². The zero-order valence-electron chi connectivity index (χ0n) is 17.2. The molecule has 1 aliphatic heterocycles. The van der Waals surface area contributed by atoms with E-state index in [0.29, 0.717) is 12.3 Å². The van der Waals surface area contributed by atoms with Crippen molar-refractivity contribution in [3.8, 4) is 5.75 Å². The molecule has 0 radical (unpaired) electrons. The highest BCUT2D eigenvalue weighted by atomic mass is 32.2. The van der Waals surface area contributed by atoms with Gasteiger partial charge in [-0.2, -0.15) is 13.2 Å². The smallest absolute Gasteiger partial charge is 0.489 e. The van der Waals surface area contributed by atoms with Gasteiger partial charge in [0.15, 0.2) is 16.1 Å². The van der Waals surface area contributed by atoms with E-state index in [9.17, 15) is 26.4 Å². The first-order valence-corrected chi connectivity index (χ1v) is 11.7. The summed E-state index contributed by atoms with van der Waals surface area (Å²) in [6.45, 7) is 1.29. The second kappa shape index (κ2) is 9.37. The highest BCUT2D eigenvalue weighted by Gasteiger charge is 2.42. The molecule has 174 valence electrons. The average molecular weight is 472 g/mol. The zero-order chi connectivity index (χ0) is 23.5. The number of hydrogen-bond acceptors (Lipinski definition) is 7. The van der Waals surface area contributed by atoms with Crippen molar-refractivity contribution in [3.63, 3.8) is 0 Å². The minimum absolute atomic E-state index is 0.173. The summed E-state index contributed by atoms with van der Waals surface area (Å²) in [5.41, 5.74) is 6.50. The summed E-state index contributed by atoms with van der Waals surface area (Å²) >= 11 is 0. The van der Waals surface area contributed by atoms with Crippen LogP contribution in [-0.4, -0.2) is 46.0 Å². The van der Waals surface area contributed by atoms with E-state index in [4.69, 9.17) is 10.5 Å². The van der Waals surface area contributed by atoms with Gasteiger partial charge in [0.1, 0.15) is 11.9 Å². The number of esters is 1. The van der Waals surface area contributed by atoms with E-state index in [1.165, 1.54) is 12.1 Å². The first-order valence-electron chi connectivity index (χ1n) is 9.78. The molecule has 7 nitrogen and oxygen atoms in total. The Morgan fingerprint density at radius 1 is 1.19 bits per heavy atom. The number of carbonyl (C=O) groups excluding carboxylic acids is 1. The fourth-order valence-electron chi connectivity index (χ4n) is 3.36. The van der Waals surface area contributed by atoms with Crippen molar-refractivity contribution in [1.82, 2.24) is 0 Å². The van der Waals surface area contributed by atoms with Crippen LogP contribution < -0.4 is 15.4 Å². The number of anilines is 1. The minimum atomic E-state index is -5.12. The van der Waals surface area contributed by atoms with Crippen LogP contribution in [0.25, 0.3) is 0 Å². The maximum Gasteiger partial charge on any atom is 0.490 e. The maximum atomic E-state index is 12.3. The van der Waals surface area contributed by atoms with Crippen LogP contribution in [0.4, 0.5) is 18.9 Å². The Hall–Kier alpha value is -2.79. The number of nitrogens with zero attached hydrogens (tertiary/aromatic N) is 1. The number of hydrogen-bond donors (Lipinski definition) is 1. The third-order valence-electron chi connectivity index (χ3n) is 4.97. The van der Waals surface area contributed by atoms with E-state index in [-0.39, 0.29) is 16.6 Å². The molecule has 1 aliphatic rings. The molecule has 0 spiro atoms. The van der Waals surface area contributed by atoms with Crippen molar-refractivity contribution in [2.24, 2.45) is 5.73 Å². The summed E-state index contributed by atoms with van der Waals surface area (Å²) in [4.78, 5) is 13.2. The number of sulfone groups is 1. The van der Waals surface area contributed by atoms with Gasteiger partial charge in [-0.15, -0.1) is 0 Å². The van der Waals surface area contributed by atoms with Crippen LogP contribution in [0, 0.1) is 0 Å². The molecular formula is C21H23F3N2O5S. The second-order valence-corrected chi connectivity index (χ2v) is 9.51. The third kappa shape index (κ3) is 6.13. The molecule has 2 atom stereocenters. The predicted molar refractivity (Wildman–Crippen MR) is 111 cm³/mol. The molecule has 0 aliphatic carbocycles. The van der Waals surface area contributed by atoms with Gasteiger partial charge in [0, 0.05) is 24.1 Å². The Morgan fingerprint density at radius 2 is 1.88 bits per heavy atom. The van der Waals surface area contributed by atoms with E-state index in [0.717, 1.165) is 31.3 Å². The minimum Gasteiger partial charge on any atom is -0.489 e. The van der Waals surface area contributed by atoms with Crippen LogP contribution in [0.15, 0.2) is 53.4 Å². The number of alkyl halides is 3. The van der Waals surface area contributed by atoms with Gasteiger partial charge in [-0.3, -0.25) is 5.73 Å². The van der Waals surface area contributed by atoms with E-state index in [1.54, 1.807) is 30.3 Å². The SMILES string of the molecule is CS(=O)(=O)c1cccc(N2CCCC(Oc3ccc(C(N)OC(=O)C(F)(F)F)cc3)C2)c1. The highest BCUT2D eigenvalue weighted by Crippen LogP contribution is 2.27. The summed E-state index contributed by atoms with van der Waals surface area (Å²) in [7, 11) is -3.31. The largest absolute Gasteiger partial charge is 0.490 e. The van der Waals surface area contributed by atoms with Gasteiger partial charge in [-0.25, -0.2) is 13.2 Å². The molecule has 2 unspecified atom stereocenters. The molecule has 0 bridgehead atoms. The van der Waals surface area contributed by atoms with Gasteiger partial charge in [0.05, 0.1) is 11.4 Å². The first kappa shape index (κ1) is 23.9. The van der Waals surface area contributed by atoms with E-state index in [2.05, 4.69) is 4.74 Å². The van der Waals surface area contributed by atoms with Crippen molar-refractivity contribution in [2.45, 2.75) is 36.2 Å². The molecule has 1 fully saturated rings. The normalized spacial score (nSPS) is 18.2. The van der Waals surface area contributed by atoms with Crippen LogP contribution in [0.1, 0.15) is 24.6 Å². The highest BCUT2D eigenvalue weighted by molar-refractivity contribution is 7.90. The molecule has 0 aromatic heterocycles. The Morgan fingerprint density at radius 3 is 2.50 bits per heavy atom. The number of halogens is 3. The summed E-state index contributed by atoms with van der Waals surface area (Å²) in [5, 5.41) is 0. The standard InChI is InChI=1S/C21H23F3N2O5S/c1-32(28,29)18-6-2-4-15(12-18)26-11-3-5-17(13-26)30-16-9-7-14(8-10-16)19(25)31-20(27)21(22,23)24/h2,4,6-10,12,17,19H,3,5,11,13,25H2,1H3. The lowest BCUT2D eigenvalue weighted by molar-refractivity contribution is -0.205. The first-order chi connectivity index (χ1) is 14.9. The van der Waals surface area contributed by atoms with Crippen molar-refractivity contribution in [2.75, 3.05) is 24.2 Å². The third-order valence-corrected chi connectivity index (χ3v) is 6.08. The van der Waals surface area contributed by atoms with Gasteiger partial charge in [-0.1, -0.05) is 18.2 Å². The van der Waals surface area contributed by atoms with Gasteiger partial charge in [0.25, 0.3) is 0 Å². The Labute approximate surface area is 183 Å². The van der Waals surface area contributed by atoms with Crippen LogP contribution in [0.3, 0.4) is 0 Å². The number of carbonyl (C=O) groups is 1. The van der Waals surface area contributed by atoms with Crippen molar-refractivity contribution in [3.05, 3.63) is 54.1 Å². The molecule has 2 aromatic rings. The van der Waals surface area contributed by atoms with Crippen LogP contribution in [-0.2, 0) is 19.4 Å². The molecule has 3 rings (SSSR count). The number of rotatable bonds is 6. The summed E-state index contributed by atoms with van der Waals surface area (Å²) < 4.78 is 70.7. The molecule has 1 saturated heterocycles.